The number of hydrogen-bond acceptors (Lipinski definition) is 3. The predicted octanol–water partition coefficient (Wildman–Crippen LogP) is 2.01. The molecule has 0 aliphatic heterocycles. The second-order valence-corrected chi connectivity index (χ2v) is 4.66. The molecule has 0 saturated carbocycles. The molecule has 3 N–H and O–H groups in total. The van der Waals surface area contributed by atoms with Crippen LogP contribution >= 0.6 is 0 Å². The zero-order chi connectivity index (χ0) is 14.8. The molecule has 1 aliphatic rings. The van der Waals surface area contributed by atoms with Crippen molar-refractivity contribution in [3.05, 3.63) is 20.6 Å². The third-order valence-electron chi connectivity index (χ3n) is 3.06. The number of aliphatic hydroxyl groups is 3. The minimum Gasteiger partial charge on any atom is -0.400 e. The van der Waals surface area contributed by atoms with Gasteiger partial charge in [-0.2, -0.15) is 0 Å². The molecule has 0 unspecified atom stereocenters. The third-order valence-corrected chi connectivity index (χ3v) is 4.62. The molecule has 0 radical (unpaired) electrons. The molecular formula is C13H27O3Ti. The van der Waals surface area contributed by atoms with E-state index >= 15 is 0 Å². The summed E-state index contributed by atoms with van der Waals surface area (Å²) >= 11 is 2.25. The van der Waals surface area contributed by atoms with Crippen LogP contribution in [0.5, 0.6) is 0 Å². The van der Waals surface area contributed by atoms with E-state index in [4.69, 9.17) is 15.3 Å². The van der Waals surface area contributed by atoms with Gasteiger partial charge in [0.15, 0.2) is 0 Å². The van der Waals surface area contributed by atoms with Crippen LogP contribution in [0.15, 0.2) is 20.6 Å². The predicted molar refractivity (Wildman–Crippen MR) is 69.3 cm³/mol. The van der Waals surface area contributed by atoms with Crippen LogP contribution in [0.4, 0.5) is 0 Å². The summed E-state index contributed by atoms with van der Waals surface area (Å²) in [5.74, 6) is 0. The summed E-state index contributed by atoms with van der Waals surface area (Å²) in [7, 11) is 3.00. The fraction of sp³-hybridized carbons (Fsp3) is 0.692. The van der Waals surface area contributed by atoms with Gasteiger partial charge in [0, 0.05) is 21.3 Å². The molecular weight excluding hydrogens is 252 g/mol. The van der Waals surface area contributed by atoms with Crippen molar-refractivity contribution in [2.24, 2.45) is 5.41 Å². The molecule has 0 spiro atoms. The summed E-state index contributed by atoms with van der Waals surface area (Å²) in [6, 6.07) is 0. The molecule has 4 heteroatoms. The molecule has 0 aromatic heterocycles. The molecule has 0 atom stereocenters. The molecule has 0 fully saturated rings. The fourth-order valence-corrected chi connectivity index (χ4v) is 2.18. The van der Waals surface area contributed by atoms with Gasteiger partial charge in [-0.05, 0) is 0 Å². The zero-order valence-corrected chi connectivity index (χ0v) is 13.9. The van der Waals surface area contributed by atoms with Crippen molar-refractivity contribution in [2.75, 3.05) is 21.3 Å². The maximum absolute atomic E-state index is 7.00. The van der Waals surface area contributed by atoms with Crippen LogP contribution in [-0.2, 0) is 20.4 Å². The van der Waals surface area contributed by atoms with Gasteiger partial charge in [0.2, 0.25) is 0 Å². The normalized spacial score (nSPS) is 16.1. The van der Waals surface area contributed by atoms with Gasteiger partial charge >= 0.3 is 81.1 Å². The van der Waals surface area contributed by atoms with Crippen LogP contribution in [0.25, 0.3) is 0 Å². The summed E-state index contributed by atoms with van der Waals surface area (Å²) in [5.41, 5.74) is 4.83. The van der Waals surface area contributed by atoms with E-state index in [1.54, 1.807) is 0 Å². The maximum atomic E-state index is 7.00. The average molecular weight is 279 g/mol. The first-order valence-corrected chi connectivity index (χ1v) is 6.12. The van der Waals surface area contributed by atoms with E-state index < -0.39 is 0 Å². The Kier molecular flexibility index (Phi) is 14.6. The molecule has 0 aromatic rings. The second kappa shape index (κ2) is 11.2. The molecule has 0 bridgehead atoms. The van der Waals surface area contributed by atoms with E-state index in [1.165, 1.54) is 20.6 Å². The first-order valence-electron chi connectivity index (χ1n) is 5.34. The molecule has 17 heavy (non-hydrogen) atoms. The number of aliphatic hydroxyl groups excluding tert-OH is 3. The first-order chi connectivity index (χ1) is 7.89. The first kappa shape index (κ1) is 22.3. The van der Waals surface area contributed by atoms with Crippen LogP contribution in [0.2, 0.25) is 0 Å². The molecule has 0 saturated heterocycles. The Morgan fingerprint density at radius 2 is 1.06 bits per heavy atom. The van der Waals surface area contributed by atoms with Gasteiger partial charge in [-0.3, -0.25) is 0 Å². The SMILES string of the molecule is CC1=C(C)C(C)(C)[C]([Ti])=C1C.CO.CO.CO. The second-order valence-electron chi connectivity index (χ2n) is 3.88. The van der Waals surface area contributed by atoms with E-state index in [0.717, 1.165) is 21.3 Å². The maximum Gasteiger partial charge on any atom is 0.0319 e. The Balaban J connectivity index is -0.000000285. The summed E-state index contributed by atoms with van der Waals surface area (Å²) in [4.78, 5) is 0. The number of rotatable bonds is 0. The molecule has 0 heterocycles. The van der Waals surface area contributed by atoms with Gasteiger partial charge in [0.25, 0.3) is 0 Å². The monoisotopic (exact) mass is 279 g/mol. The standard InChI is InChI=1S/C10H15.3CH4O.Ti/c1-7-6-10(4,5)9(3)8(7)2;3*1-2;/h1-5H3;3*2H,1H3;. The molecule has 3 nitrogen and oxygen atoms in total. The Labute approximate surface area is 118 Å². The Bertz CT molecular complexity index is 240. The van der Waals surface area contributed by atoms with E-state index in [9.17, 15) is 0 Å². The molecule has 0 aromatic carbocycles. The van der Waals surface area contributed by atoms with Gasteiger partial charge in [-0.1, -0.05) is 0 Å². The number of hydrogen-bond donors (Lipinski definition) is 3. The summed E-state index contributed by atoms with van der Waals surface area (Å²) in [5, 5.41) is 21.0. The topological polar surface area (TPSA) is 60.7 Å². The third kappa shape index (κ3) is 5.49. The van der Waals surface area contributed by atoms with Crippen molar-refractivity contribution < 1.29 is 35.8 Å². The van der Waals surface area contributed by atoms with Crippen LogP contribution in [0.3, 0.4) is 0 Å². The van der Waals surface area contributed by atoms with Crippen LogP contribution < -0.4 is 0 Å². The average Bonchev–Trinajstić information content (AvgIpc) is 2.52. The summed E-state index contributed by atoms with van der Waals surface area (Å²) < 4.78 is 1.53. The Hall–Kier alpha value is 0.0743. The smallest absolute Gasteiger partial charge is 0.0319 e. The molecule has 0 amide bonds. The zero-order valence-electron chi connectivity index (χ0n) is 12.3. The van der Waals surface area contributed by atoms with Crippen LogP contribution in [0, 0.1) is 5.41 Å². The van der Waals surface area contributed by atoms with Crippen molar-refractivity contribution in [3.8, 4) is 0 Å². The molecule has 1 aliphatic carbocycles. The minimum absolute atomic E-state index is 0.314. The van der Waals surface area contributed by atoms with Gasteiger partial charge in [0.1, 0.15) is 0 Å². The van der Waals surface area contributed by atoms with Crippen molar-refractivity contribution >= 4 is 0 Å². The van der Waals surface area contributed by atoms with Crippen molar-refractivity contribution in [3.63, 3.8) is 0 Å². The van der Waals surface area contributed by atoms with Crippen molar-refractivity contribution in [1.82, 2.24) is 0 Å². The largest absolute Gasteiger partial charge is 0.400 e. The van der Waals surface area contributed by atoms with E-state index in [-0.39, 0.29) is 0 Å². The fourth-order valence-electron chi connectivity index (χ4n) is 1.59. The van der Waals surface area contributed by atoms with Gasteiger partial charge < -0.3 is 15.3 Å². The van der Waals surface area contributed by atoms with E-state index in [2.05, 4.69) is 55.1 Å². The summed E-state index contributed by atoms with van der Waals surface area (Å²) in [6.07, 6.45) is 0. The van der Waals surface area contributed by atoms with Crippen LogP contribution in [0.1, 0.15) is 34.6 Å². The van der Waals surface area contributed by atoms with Crippen LogP contribution in [-0.4, -0.2) is 36.6 Å². The van der Waals surface area contributed by atoms with Crippen molar-refractivity contribution in [1.29, 1.82) is 0 Å². The Morgan fingerprint density at radius 1 is 0.765 bits per heavy atom. The molecule has 101 valence electrons. The minimum atomic E-state index is 0.314. The van der Waals surface area contributed by atoms with Gasteiger partial charge in [-0.25, -0.2) is 0 Å². The quantitative estimate of drug-likeness (QED) is 0.594. The van der Waals surface area contributed by atoms with E-state index in [1.807, 2.05) is 0 Å². The van der Waals surface area contributed by atoms with Gasteiger partial charge in [0.05, 0.1) is 0 Å². The summed E-state index contributed by atoms with van der Waals surface area (Å²) in [6.45, 7) is 11.3. The number of allylic oxidation sites excluding steroid dienone is 4. The Morgan fingerprint density at radius 3 is 1.12 bits per heavy atom. The van der Waals surface area contributed by atoms with Gasteiger partial charge in [-0.15, -0.1) is 0 Å². The molecule has 1 rings (SSSR count). The van der Waals surface area contributed by atoms with E-state index in [0.29, 0.717) is 5.41 Å². The van der Waals surface area contributed by atoms with Crippen molar-refractivity contribution in [2.45, 2.75) is 34.6 Å².